The van der Waals surface area contributed by atoms with Gasteiger partial charge >= 0.3 is 0 Å². The molecule has 0 amide bonds. The molecule has 1 atom stereocenters. The van der Waals surface area contributed by atoms with Gasteiger partial charge in [-0.25, -0.2) is 0 Å². The monoisotopic (exact) mass is 402 g/mol. The maximum absolute atomic E-state index is 3.72. The Morgan fingerprint density at radius 2 is 1.56 bits per heavy atom. The molecule has 2 aromatic rings. The zero-order valence-corrected chi connectivity index (χ0v) is 13.1. The predicted octanol–water partition coefficient (Wildman–Crippen LogP) is 5.70. The maximum atomic E-state index is 3.72. The van der Waals surface area contributed by atoms with Gasteiger partial charge in [0.2, 0.25) is 0 Å². The van der Waals surface area contributed by atoms with Crippen molar-refractivity contribution in [1.29, 1.82) is 0 Å². The van der Waals surface area contributed by atoms with Crippen LogP contribution in [0.5, 0.6) is 0 Å². The molecule has 0 fully saturated rings. The third kappa shape index (κ3) is 2.76. The average Bonchev–Trinajstić information content (AvgIpc) is 2.29. The van der Waals surface area contributed by atoms with Crippen molar-refractivity contribution in [2.45, 2.75) is 4.83 Å². The molecule has 1 unspecified atom stereocenters. The standard InChI is InChI=1S/C13H9Br3/c14-10-6-7-11(12(15)8-10)13(16)9-4-2-1-3-5-9/h1-8,13H. The highest BCUT2D eigenvalue weighted by Gasteiger charge is 2.12. The van der Waals surface area contributed by atoms with Crippen LogP contribution < -0.4 is 0 Å². The number of rotatable bonds is 2. The van der Waals surface area contributed by atoms with Crippen LogP contribution in [0.3, 0.4) is 0 Å². The lowest BCUT2D eigenvalue weighted by molar-refractivity contribution is 1.16. The summed E-state index contributed by atoms with van der Waals surface area (Å²) in [6, 6.07) is 16.6. The molecule has 0 N–H and O–H groups in total. The second-order valence-electron chi connectivity index (χ2n) is 3.44. The van der Waals surface area contributed by atoms with Gasteiger partial charge in [0.1, 0.15) is 0 Å². The summed E-state index contributed by atoms with van der Waals surface area (Å²) in [4.78, 5) is 0.219. The first-order valence-electron chi connectivity index (χ1n) is 4.82. The summed E-state index contributed by atoms with van der Waals surface area (Å²) < 4.78 is 2.18. The van der Waals surface area contributed by atoms with Crippen LogP contribution in [0.2, 0.25) is 0 Å². The van der Waals surface area contributed by atoms with E-state index in [1.165, 1.54) is 11.1 Å². The smallest absolute Gasteiger partial charge is 0.0655 e. The third-order valence-corrected chi connectivity index (χ3v) is 4.53. The van der Waals surface area contributed by atoms with Crippen molar-refractivity contribution in [1.82, 2.24) is 0 Å². The first-order chi connectivity index (χ1) is 7.68. The van der Waals surface area contributed by atoms with Crippen molar-refractivity contribution >= 4 is 47.8 Å². The van der Waals surface area contributed by atoms with Crippen LogP contribution in [0.15, 0.2) is 57.5 Å². The molecule has 0 radical (unpaired) electrons. The van der Waals surface area contributed by atoms with Gasteiger partial charge < -0.3 is 0 Å². The summed E-state index contributed by atoms with van der Waals surface area (Å²) in [5.74, 6) is 0. The summed E-state index contributed by atoms with van der Waals surface area (Å²) in [5, 5.41) is 0. The molecule has 0 spiro atoms. The minimum atomic E-state index is 0.219. The van der Waals surface area contributed by atoms with E-state index >= 15 is 0 Å². The van der Waals surface area contributed by atoms with Gasteiger partial charge in [-0.15, -0.1) is 0 Å². The van der Waals surface area contributed by atoms with E-state index in [4.69, 9.17) is 0 Å². The van der Waals surface area contributed by atoms with Crippen molar-refractivity contribution in [3.05, 3.63) is 68.6 Å². The molecule has 0 saturated heterocycles. The molecule has 0 aliphatic rings. The predicted molar refractivity (Wildman–Crippen MR) is 79.1 cm³/mol. The van der Waals surface area contributed by atoms with Crippen LogP contribution in [-0.2, 0) is 0 Å². The van der Waals surface area contributed by atoms with E-state index in [0.29, 0.717) is 0 Å². The molecule has 82 valence electrons. The molecule has 0 nitrogen and oxygen atoms in total. The van der Waals surface area contributed by atoms with Crippen molar-refractivity contribution in [3.63, 3.8) is 0 Å². The molecule has 0 bridgehead atoms. The SMILES string of the molecule is Brc1ccc(C(Br)c2ccccc2)c(Br)c1. The van der Waals surface area contributed by atoms with Crippen molar-refractivity contribution < 1.29 is 0 Å². The summed E-state index contributed by atoms with van der Waals surface area (Å²) in [7, 11) is 0. The van der Waals surface area contributed by atoms with Crippen LogP contribution in [0.4, 0.5) is 0 Å². The molecule has 0 saturated carbocycles. The Kier molecular flexibility index (Phi) is 4.22. The lowest BCUT2D eigenvalue weighted by Gasteiger charge is -2.12. The van der Waals surface area contributed by atoms with Crippen LogP contribution in [-0.4, -0.2) is 0 Å². The molecule has 16 heavy (non-hydrogen) atoms. The van der Waals surface area contributed by atoms with Gasteiger partial charge in [0.15, 0.2) is 0 Å². The zero-order chi connectivity index (χ0) is 11.5. The quantitative estimate of drug-likeness (QED) is 0.563. The molecule has 2 rings (SSSR count). The van der Waals surface area contributed by atoms with E-state index in [-0.39, 0.29) is 4.83 Å². The van der Waals surface area contributed by atoms with Crippen molar-refractivity contribution in [2.24, 2.45) is 0 Å². The van der Waals surface area contributed by atoms with Gasteiger partial charge in [-0.2, -0.15) is 0 Å². The molecular weight excluding hydrogens is 396 g/mol. The Morgan fingerprint density at radius 3 is 2.19 bits per heavy atom. The van der Waals surface area contributed by atoms with Crippen LogP contribution in [0.1, 0.15) is 16.0 Å². The van der Waals surface area contributed by atoms with Gasteiger partial charge in [0.05, 0.1) is 4.83 Å². The summed E-state index contributed by atoms with van der Waals surface area (Å²) in [5.41, 5.74) is 2.49. The molecule has 3 heteroatoms. The lowest BCUT2D eigenvalue weighted by Crippen LogP contribution is -1.93. The topological polar surface area (TPSA) is 0 Å². The maximum Gasteiger partial charge on any atom is 0.0655 e. The van der Waals surface area contributed by atoms with Crippen LogP contribution >= 0.6 is 47.8 Å². The lowest BCUT2D eigenvalue weighted by atomic mass is 10.1. The van der Waals surface area contributed by atoms with E-state index in [1.807, 2.05) is 6.07 Å². The van der Waals surface area contributed by atoms with E-state index in [0.717, 1.165) is 8.95 Å². The molecule has 0 heterocycles. The fraction of sp³-hybridized carbons (Fsp3) is 0.0769. The van der Waals surface area contributed by atoms with Gasteiger partial charge in [0.25, 0.3) is 0 Å². The molecule has 0 aliphatic carbocycles. The second kappa shape index (κ2) is 5.48. The van der Waals surface area contributed by atoms with Crippen molar-refractivity contribution in [2.75, 3.05) is 0 Å². The number of hydrogen-bond acceptors (Lipinski definition) is 0. The fourth-order valence-electron chi connectivity index (χ4n) is 1.51. The van der Waals surface area contributed by atoms with Gasteiger partial charge in [-0.3, -0.25) is 0 Å². The minimum absolute atomic E-state index is 0.219. The third-order valence-electron chi connectivity index (χ3n) is 2.33. The van der Waals surface area contributed by atoms with Crippen LogP contribution in [0, 0.1) is 0 Å². The van der Waals surface area contributed by atoms with E-state index in [9.17, 15) is 0 Å². The number of hydrogen-bond donors (Lipinski definition) is 0. The Balaban J connectivity index is 2.38. The highest BCUT2D eigenvalue weighted by atomic mass is 79.9. The number of halogens is 3. The van der Waals surface area contributed by atoms with Gasteiger partial charge in [0, 0.05) is 8.95 Å². The molecule has 0 aliphatic heterocycles. The Bertz CT molecular complexity index is 480. The molecule has 2 aromatic carbocycles. The Labute approximate surface area is 120 Å². The average molecular weight is 405 g/mol. The van der Waals surface area contributed by atoms with E-state index in [1.54, 1.807) is 0 Å². The van der Waals surface area contributed by atoms with Gasteiger partial charge in [-0.05, 0) is 23.3 Å². The highest BCUT2D eigenvalue weighted by Crippen LogP contribution is 2.36. The Hall–Kier alpha value is -0.120. The first-order valence-corrected chi connectivity index (χ1v) is 7.32. The second-order valence-corrected chi connectivity index (χ2v) is 6.12. The first kappa shape index (κ1) is 12.3. The fourth-order valence-corrected chi connectivity index (χ4v) is 3.80. The zero-order valence-electron chi connectivity index (χ0n) is 8.33. The van der Waals surface area contributed by atoms with Crippen LogP contribution in [0.25, 0.3) is 0 Å². The largest absolute Gasteiger partial charge is 0.0786 e. The molecule has 0 aromatic heterocycles. The highest BCUT2D eigenvalue weighted by molar-refractivity contribution is 9.11. The number of alkyl halides is 1. The van der Waals surface area contributed by atoms with E-state index < -0.39 is 0 Å². The normalized spacial score (nSPS) is 12.4. The van der Waals surface area contributed by atoms with Crippen molar-refractivity contribution in [3.8, 4) is 0 Å². The minimum Gasteiger partial charge on any atom is -0.0786 e. The molecular formula is C13H9Br3. The van der Waals surface area contributed by atoms with E-state index in [2.05, 4.69) is 90.3 Å². The van der Waals surface area contributed by atoms with Gasteiger partial charge in [-0.1, -0.05) is 84.2 Å². The summed E-state index contributed by atoms with van der Waals surface area (Å²) >= 11 is 10.8. The Morgan fingerprint density at radius 1 is 0.875 bits per heavy atom. The summed E-state index contributed by atoms with van der Waals surface area (Å²) in [6.45, 7) is 0. The number of benzene rings is 2. The summed E-state index contributed by atoms with van der Waals surface area (Å²) in [6.07, 6.45) is 0.